The molecule has 2 aromatic carbocycles. The number of carbonyl (C=O) groups is 1. The third kappa shape index (κ3) is 3.75. The molecule has 0 N–H and O–H groups in total. The molecule has 5 rings (SSSR count). The number of amides is 1. The molecule has 11 heteroatoms. The Morgan fingerprint density at radius 2 is 1.91 bits per heavy atom. The van der Waals surface area contributed by atoms with Gasteiger partial charge in [-0.25, -0.2) is 9.97 Å². The van der Waals surface area contributed by atoms with Crippen molar-refractivity contribution < 1.29 is 22.7 Å². The molecule has 0 saturated carbocycles. The predicted molar refractivity (Wildman–Crippen MR) is 113 cm³/mol. The van der Waals surface area contributed by atoms with Crippen molar-refractivity contribution in [3.8, 4) is 17.3 Å². The molecule has 33 heavy (non-hydrogen) atoms. The molecule has 3 heterocycles. The van der Waals surface area contributed by atoms with Gasteiger partial charge in [0.15, 0.2) is 5.82 Å². The highest BCUT2D eigenvalue weighted by atomic mass is 19.4. The second-order valence-electron chi connectivity index (χ2n) is 7.61. The summed E-state index contributed by atoms with van der Waals surface area (Å²) in [6.45, 7) is 2.45. The SMILES string of the molecule is Cc1cc(-c2ncc3cc(C(F)(F)F)ccc3n2)ccc1N1CCOc2nn(C)nc2C1=O. The zero-order chi connectivity index (χ0) is 23.3. The van der Waals surface area contributed by atoms with Crippen LogP contribution in [-0.2, 0) is 13.2 Å². The average molecular weight is 454 g/mol. The van der Waals surface area contributed by atoms with Crippen LogP contribution in [0.3, 0.4) is 0 Å². The topological polar surface area (TPSA) is 86.0 Å². The maximum absolute atomic E-state index is 13.0. The van der Waals surface area contributed by atoms with Crippen molar-refractivity contribution in [2.75, 3.05) is 18.1 Å². The van der Waals surface area contributed by atoms with Gasteiger partial charge in [0.25, 0.3) is 11.8 Å². The van der Waals surface area contributed by atoms with Crippen molar-refractivity contribution in [2.24, 2.45) is 7.05 Å². The van der Waals surface area contributed by atoms with E-state index in [1.54, 1.807) is 24.1 Å². The van der Waals surface area contributed by atoms with E-state index in [4.69, 9.17) is 4.74 Å². The maximum atomic E-state index is 13.0. The number of nitrogens with zero attached hydrogens (tertiary/aromatic N) is 6. The van der Waals surface area contributed by atoms with Gasteiger partial charge in [0, 0.05) is 29.9 Å². The lowest BCUT2D eigenvalue weighted by Crippen LogP contribution is -2.33. The highest BCUT2D eigenvalue weighted by Gasteiger charge is 2.31. The standard InChI is InChI=1S/C22H17F3N6O2/c1-12-9-13(19-26-11-14-10-15(22(23,24)25)4-5-16(14)27-19)3-6-17(12)31-7-8-33-20-18(21(31)32)28-30(2)29-20/h3-6,9-11H,7-8H2,1-2H3. The number of carbonyl (C=O) groups excluding carboxylic acids is 1. The lowest BCUT2D eigenvalue weighted by molar-refractivity contribution is -0.137. The second kappa shape index (κ2) is 7.54. The number of benzene rings is 2. The number of halogens is 3. The van der Waals surface area contributed by atoms with Crippen molar-refractivity contribution in [3.63, 3.8) is 0 Å². The molecule has 0 atom stereocenters. The van der Waals surface area contributed by atoms with Gasteiger partial charge in [0.1, 0.15) is 6.61 Å². The van der Waals surface area contributed by atoms with Crippen LogP contribution in [-0.4, -0.2) is 44.0 Å². The van der Waals surface area contributed by atoms with E-state index < -0.39 is 11.7 Å². The van der Waals surface area contributed by atoms with Crippen LogP contribution >= 0.6 is 0 Å². The Morgan fingerprint density at radius 1 is 1.09 bits per heavy atom. The Labute approximate surface area is 185 Å². The predicted octanol–water partition coefficient (Wildman–Crippen LogP) is 3.79. The summed E-state index contributed by atoms with van der Waals surface area (Å²) in [5.74, 6) is 0.269. The summed E-state index contributed by atoms with van der Waals surface area (Å²) >= 11 is 0. The third-order valence-electron chi connectivity index (χ3n) is 5.34. The van der Waals surface area contributed by atoms with Gasteiger partial charge in [0.05, 0.1) is 17.6 Å². The number of rotatable bonds is 2. The average Bonchev–Trinajstić information content (AvgIpc) is 3.09. The molecule has 2 aromatic heterocycles. The van der Waals surface area contributed by atoms with Crippen molar-refractivity contribution >= 4 is 22.5 Å². The molecular weight excluding hydrogens is 437 g/mol. The van der Waals surface area contributed by atoms with Gasteiger partial charge in [-0.3, -0.25) is 4.79 Å². The van der Waals surface area contributed by atoms with Gasteiger partial charge in [-0.15, -0.1) is 10.2 Å². The second-order valence-corrected chi connectivity index (χ2v) is 7.61. The number of ether oxygens (including phenoxy) is 1. The normalized spacial score (nSPS) is 14.2. The minimum atomic E-state index is -4.43. The molecule has 168 valence electrons. The van der Waals surface area contributed by atoms with Crippen molar-refractivity contribution in [3.05, 3.63) is 59.4 Å². The summed E-state index contributed by atoms with van der Waals surface area (Å²) in [5, 5.41) is 8.48. The highest BCUT2D eigenvalue weighted by Crippen LogP contribution is 2.32. The summed E-state index contributed by atoms with van der Waals surface area (Å²) in [5.41, 5.74) is 1.96. The zero-order valence-corrected chi connectivity index (χ0v) is 17.6. The molecule has 0 spiro atoms. The van der Waals surface area contributed by atoms with Crippen molar-refractivity contribution in [2.45, 2.75) is 13.1 Å². The molecule has 1 amide bonds. The van der Waals surface area contributed by atoms with Gasteiger partial charge in [-0.1, -0.05) is 0 Å². The summed E-state index contributed by atoms with van der Waals surface area (Å²) in [7, 11) is 1.61. The Kier molecular flexibility index (Phi) is 4.76. The van der Waals surface area contributed by atoms with Crippen LogP contribution in [0.5, 0.6) is 5.88 Å². The van der Waals surface area contributed by atoms with Gasteiger partial charge in [-0.2, -0.15) is 18.0 Å². The first-order chi connectivity index (χ1) is 15.7. The Hall–Kier alpha value is -4.02. The molecule has 4 aromatic rings. The monoisotopic (exact) mass is 454 g/mol. The Bertz CT molecular complexity index is 1400. The lowest BCUT2D eigenvalue weighted by Gasteiger charge is -2.22. The minimum Gasteiger partial charge on any atom is -0.473 e. The van der Waals surface area contributed by atoms with E-state index >= 15 is 0 Å². The van der Waals surface area contributed by atoms with Crippen molar-refractivity contribution in [1.29, 1.82) is 0 Å². The summed E-state index contributed by atoms with van der Waals surface area (Å²) in [4.78, 5) is 24.6. The van der Waals surface area contributed by atoms with E-state index in [9.17, 15) is 18.0 Å². The number of aryl methyl sites for hydroxylation is 2. The van der Waals surface area contributed by atoms with Crippen LogP contribution in [0.15, 0.2) is 42.6 Å². The number of fused-ring (bicyclic) bond motifs is 2. The fourth-order valence-electron chi connectivity index (χ4n) is 3.76. The van der Waals surface area contributed by atoms with E-state index in [-0.39, 0.29) is 24.1 Å². The number of hydrogen-bond donors (Lipinski definition) is 0. The quantitative estimate of drug-likeness (QED) is 0.458. The van der Waals surface area contributed by atoms with Crippen LogP contribution < -0.4 is 9.64 Å². The molecule has 0 saturated heterocycles. The number of aromatic nitrogens is 5. The summed E-state index contributed by atoms with van der Waals surface area (Å²) < 4.78 is 44.4. The third-order valence-corrected chi connectivity index (χ3v) is 5.34. The molecule has 1 aliphatic heterocycles. The zero-order valence-electron chi connectivity index (χ0n) is 17.6. The molecule has 0 radical (unpaired) electrons. The molecule has 0 bridgehead atoms. The molecule has 1 aliphatic rings. The van der Waals surface area contributed by atoms with Crippen LogP contribution in [0.2, 0.25) is 0 Å². The van der Waals surface area contributed by atoms with Crippen molar-refractivity contribution in [1.82, 2.24) is 25.0 Å². The van der Waals surface area contributed by atoms with Gasteiger partial charge < -0.3 is 9.64 Å². The fourth-order valence-corrected chi connectivity index (χ4v) is 3.76. The maximum Gasteiger partial charge on any atom is 0.416 e. The van der Waals surface area contributed by atoms with Gasteiger partial charge in [0.2, 0.25) is 5.69 Å². The fraction of sp³-hybridized carbons (Fsp3) is 0.227. The minimum absolute atomic E-state index is 0.148. The van der Waals surface area contributed by atoms with Gasteiger partial charge >= 0.3 is 6.18 Å². The highest BCUT2D eigenvalue weighted by molar-refractivity contribution is 6.07. The smallest absolute Gasteiger partial charge is 0.416 e. The van der Waals surface area contributed by atoms with Crippen LogP contribution in [0, 0.1) is 6.92 Å². The first kappa shape index (κ1) is 20.9. The van der Waals surface area contributed by atoms with E-state index in [1.807, 2.05) is 13.0 Å². The van der Waals surface area contributed by atoms with E-state index in [2.05, 4.69) is 20.2 Å². The van der Waals surface area contributed by atoms with E-state index in [0.717, 1.165) is 17.7 Å². The summed E-state index contributed by atoms with van der Waals surface area (Å²) in [6.07, 6.45) is -3.05. The summed E-state index contributed by atoms with van der Waals surface area (Å²) in [6, 6.07) is 8.74. The Morgan fingerprint density at radius 3 is 2.67 bits per heavy atom. The van der Waals surface area contributed by atoms with E-state index in [0.29, 0.717) is 34.5 Å². The van der Waals surface area contributed by atoms with Crippen LogP contribution in [0.1, 0.15) is 21.6 Å². The Balaban J connectivity index is 1.47. The molecular formula is C22H17F3N6O2. The first-order valence-electron chi connectivity index (χ1n) is 10.0. The number of anilines is 1. The van der Waals surface area contributed by atoms with Gasteiger partial charge in [-0.05, 0) is 48.9 Å². The molecule has 0 aliphatic carbocycles. The lowest BCUT2D eigenvalue weighted by atomic mass is 10.1. The molecule has 0 unspecified atom stereocenters. The first-order valence-corrected chi connectivity index (χ1v) is 10.0. The number of alkyl halides is 3. The van der Waals surface area contributed by atoms with Crippen LogP contribution in [0.4, 0.5) is 18.9 Å². The van der Waals surface area contributed by atoms with Crippen LogP contribution in [0.25, 0.3) is 22.3 Å². The molecule has 8 nitrogen and oxygen atoms in total. The largest absolute Gasteiger partial charge is 0.473 e. The molecule has 0 fully saturated rings. The number of hydrogen-bond acceptors (Lipinski definition) is 6. The van der Waals surface area contributed by atoms with E-state index in [1.165, 1.54) is 17.1 Å².